The Morgan fingerprint density at radius 2 is 1.70 bits per heavy atom. The number of aromatic amines is 1. The van der Waals surface area contributed by atoms with Crippen LogP contribution in [0.4, 0.5) is 38.6 Å². The van der Waals surface area contributed by atoms with Crippen LogP contribution in [0.3, 0.4) is 0 Å². The largest absolute Gasteiger partial charge is 0.491 e. The van der Waals surface area contributed by atoms with Crippen molar-refractivity contribution in [3.63, 3.8) is 0 Å². The average Bonchev–Trinajstić information content (AvgIpc) is 1.43. The van der Waals surface area contributed by atoms with Crippen LogP contribution in [0.5, 0.6) is 17.4 Å². The maximum Gasteiger partial charge on any atom is 0.293 e. The molecule has 22 nitrogen and oxygen atoms in total. The van der Waals surface area contributed by atoms with Crippen molar-refractivity contribution in [3.05, 3.63) is 118 Å². The Morgan fingerprint density at radius 1 is 0.888 bits per heavy atom. The van der Waals surface area contributed by atoms with Gasteiger partial charge in [-0.15, -0.1) is 0 Å². The van der Waals surface area contributed by atoms with Gasteiger partial charge in [-0.05, 0) is 126 Å². The predicted octanol–water partition coefficient (Wildman–Crippen LogP) is 9.29. The van der Waals surface area contributed by atoms with Gasteiger partial charge < -0.3 is 53.4 Å². The number of aromatic nitrogens is 3. The first-order valence-corrected chi connectivity index (χ1v) is 33.1. The lowest BCUT2D eigenvalue weighted by Gasteiger charge is -2.58. The number of piperazine rings is 1. The van der Waals surface area contributed by atoms with Crippen LogP contribution in [0, 0.1) is 27.3 Å². The van der Waals surface area contributed by atoms with Crippen molar-refractivity contribution in [2.75, 3.05) is 112 Å². The standard InChI is InChI=1S/C65H78FN11O11S/c1-40(2)87-57-7-5-4-6-47(57)56-37-73(51-16-28-86-60-49(51)36-69-62(59(60)66)74-24-29-85-38-41(74)3)22-23-75(56)45-33-65(34-45)17-20-72(21-18-65)44-8-10-48(53(31-44)76-52-15-27-84-39-58(52)88-64-55(76)30-43-12-19-67-61(43)70-64)63(78)71-89(81,82)46-9-11-50(54(32-46)77(79)80)68-35-42-13-25-83-26-14-42/h4-12,19,30-32,36,40-42,45,51-52,56,58,68H,13-18,20-29,33-35,37-39H2,1-3H3,(H,67,70)(H,71,78)/t41-,51-,52-,56+,58-/m0/s1. The lowest BCUT2D eigenvalue weighted by Crippen LogP contribution is -2.60. The summed E-state index contributed by atoms with van der Waals surface area (Å²) in [4.78, 5) is 50.8. The molecule has 7 aliphatic heterocycles. The summed E-state index contributed by atoms with van der Waals surface area (Å²) in [6.07, 6.45) is 10.0. The summed E-state index contributed by atoms with van der Waals surface area (Å²) in [5.41, 5.74) is 4.54. The van der Waals surface area contributed by atoms with Crippen LogP contribution < -0.4 is 38.9 Å². The van der Waals surface area contributed by atoms with Gasteiger partial charge in [-0.3, -0.25) is 24.7 Å². The second-order valence-electron chi connectivity index (χ2n) is 25.6. The van der Waals surface area contributed by atoms with E-state index >= 15 is 4.39 Å². The minimum absolute atomic E-state index is 0.00528. The molecule has 6 fully saturated rings. The van der Waals surface area contributed by atoms with E-state index in [1.807, 2.05) is 48.4 Å². The third kappa shape index (κ3) is 11.6. The number of nitro groups is 1. The van der Waals surface area contributed by atoms with E-state index in [2.05, 4.69) is 66.7 Å². The lowest BCUT2D eigenvalue weighted by molar-refractivity contribution is -0.384. The first kappa shape index (κ1) is 59.3. The number of amides is 1. The number of sulfonamides is 1. The van der Waals surface area contributed by atoms with Crippen LogP contribution in [-0.2, 0) is 24.2 Å². The molecule has 5 atom stereocenters. The normalized spacial score (nSPS) is 24.3. The lowest BCUT2D eigenvalue weighted by atomic mass is 9.59. The van der Waals surface area contributed by atoms with Gasteiger partial charge in [0, 0.05) is 125 Å². The molecule has 89 heavy (non-hydrogen) atoms. The number of carbonyl (C=O) groups is 1. The molecule has 0 bridgehead atoms. The number of nitrogens with zero attached hydrogens (tertiary/aromatic N) is 8. The first-order valence-electron chi connectivity index (χ1n) is 31.7. The molecule has 14 rings (SSSR count). The highest BCUT2D eigenvalue weighted by molar-refractivity contribution is 7.90. The topological polar surface area (TPSA) is 232 Å². The maximum absolute atomic E-state index is 16.6. The average molecular weight is 1240 g/mol. The summed E-state index contributed by atoms with van der Waals surface area (Å²) >= 11 is 0. The molecule has 5 saturated heterocycles. The number of nitro benzene ring substituents is 1. The van der Waals surface area contributed by atoms with Gasteiger partial charge in [0.2, 0.25) is 11.7 Å². The number of hydrogen-bond acceptors (Lipinski definition) is 19. The number of morpholine rings is 1. The summed E-state index contributed by atoms with van der Waals surface area (Å²) in [5.74, 6) is 0.811. The molecule has 3 N–H and O–H groups in total. The van der Waals surface area contributed by atoms with Gasteiger partial charge in [-0.25, -0.2) is 18.1 Å². The summed E-state index contributed by atoms with van der Waals surface area (Å²) in [5, 5.41) is 16.4. The molecule has 472 valence electrons. The SMILES string of the molecule is CC(C)Oc1ccccc1[C@H]1CN([C@H]2CCOc3c2cnc(N2CCOC[C@@H]2C)c3F)CCN1C1CC2(CCN(c3ccc(C(=O)NS(=O)(=O)c4ccc(NCC5CCOCC5)c([N+](=O)[O-])c4)c(N4c5cc6cc[nH]c6nc5O[C@H]5COCC[C@@H]54)c3)CC2)C1. The Morgan fingerprint density at radius 3 is 2.51 bits per heavy atom. The third-order valence-electron chi connectivity index (χ3n) is 19.9. The van der Waals surface area contributed by atoms with Gasteiger partial charge in [0.1, 0.15) is 28.9 Å². The zero-order valence-electron chi connectivity index (χ0n) is 50.6. The Labute approximate surface area is 517 Å². The van der Waals surface area contributed by atoms with Gasteiger partial charge in [-0.1, -0.05) is 18.2 Å². The number of benzene rings is 3. The van der Waals surface area contributed by atoms with Crippen LogP contribution in [0.1, 0.15) is 106 Å². The summed E-state index contributed by atoms with van der Waals surface area (Å²) in [7, 11) is -4.65. The molecule has 1 amide bonds. The van der Waals surface area contributed by atoms with E-state index in [4.69, 9.17) is 38.4 Å². The van der Waals surface area contributed by atoms with Gasteiger partial charge in [0.25, 0.3) is 21.6 Å². The van der Waals surface area contributed by atoms with E-state index in [-0.39, 0.29) is 59.5 Å². The monoisotopic (exact) mass is 1240 g/mol. The molecule has 3 aromatic heterocycles. The Balaban J connectivity index is 0.721. The zero-order valence-corrected chi connectivity index (χ0v) is 51.4. The Hall–Kier alpha value is -7.35. The highest BCUT2D eigenvalue weighted by Crippen LogP contribution is 2.55. The van der Waals surface area contributed by atoms with Crippen LogP contribution in [0.15, 0.2) is 90.1 Å². The molecule has 0 radical (unpaired) electrons. The fraction of sp³-hybridized carbons (Fsp3) is 0.523. The number of H-pyrrole nitrogens is 1. The zero-order chi connectivity index (χ0) is 61.1. The second kappa shape index (κ2) is 24.5. The van der Waals surface area contributed by atoms with E-state index < -0.39 is 43.4 Å². The molecular weight excluding hydrogens is 1160 g/mol. The highest BCUT2D eigenvalue weighted by Gasteiger charge is 2.51. The summed E-state index contributed by atoms with van der Waals surface area (Å²) < 4.78 is 83.8. The van der Waals surface area contributed by atoms with E-state index in [0.29, 0.717) is 99.7 Å². The Bertz CT molecular complexity index is 3740. The predicted molar refractivity (Wildman–Crippen MR) is 333 cm³/mol. The van der Waals surface area contributed by atoms with Crippen molar-refractivity contribution < 1.29 is 50.9 Å². The molecule has 10 heterocycles. The van der Waals surface area contributed by atoms with Gasteiger partial charge in [-0.2, -0.15) is 9.37 Å². The summed E-state index contributed by atoms with van der Waals surface area (Å²) in [6, 6.07) is 21.5. The van der Waals surface area contributed by atoms with Crippen LogP contribution >= 0.6 is 0 Å². The van der Waals surface area contributed by atoms with Crippen LogP contribution in [0.25, 0.3) is 11.0 Å². The van der Waals surface area contributed by atoms with Crippen LogP contribution in [0.2, 0.25) is 0 Å². The molecule has 3 aromatic carbocycles. The van der Waals surface area contributed by atoms with E-state index in [1.165, 1.54) is 12.1 Å². The van der Waals surface area contributed by atoms with Crippen molar-refractivity contribution >= 4 is 61.2 Å². The number of rotatable bonds is 15. The van der Waals surface area contributed by atoms with E-state index in [1.54, 1.807) is 12.3 Å². The molecule has 8 aliphatic rings. The smallest absolute Gasteiger partial charge is 0.293 e. The molecule has 1 aliphatic carbocycles. The molecular formula is C65H78FN11O11S. The van der Waals surface area contributed by atoms with Crippen molar-refractivity contribution in [2.24, 2.45) is 11.3 Å². The number of fused-ring (bicyclic) bond motifs is 4. The molecule has 0 unspecified atom stereocenters. The van der Waals surface area contributed by atoms with E-state index in [0.717, 1.165) is 112 Å². The second-order valence-corrected chi connectivity index (χ2v) is 27.3. The van der Waals surface area contributed by atoms with Gasteiger partial charge >= 0.3 is 0 Å². The quantitative estimate of drug-likeness (QED) is 0.0642. The van der Waals surface area contributed by atoms with Crippen molar-refractivity contribution in [3.8, 4) is 17.4 Å². The van der Waals surface area contributed by atoms with Crippen molar-refractivity contribution in [1.82, 2.24) is 29.5 Å². The number of ether oxygens (including phenoxy) is 6. The van der Waals surface area contributed by atoms with Crippen molar-refractivity contribution in [2.45, 2.75) is 119 Å². The number of para-hydroxylation sites is 1. The maximum atomic E-state index is 16.6. The third-order valence-corrected chi connectivity index (χ3v) is 21.2. The fourth-order valence-corrected chi connectivity index (χ4v) is 16.1. The number of nitrogens with one attached hydrogen (secondary N) is 3. The van der Waals surface area contributed by atoms with Crippen LogP contribution in [-0.4, -0.2) is 166 Å². The Kier molecular flexibility index (Phi) is 16.3. The van der Waals surface area contributed by atoms with Gasteiger partial charge in [0.15, 0.2) is 11.6 Å². The number of hydrogen-bond donors (Lipinski definition) is 3. The molecule has 1 saturated carbocycles. The minimum atomic E-state index is -4.65. The van der Waals surface area contributed by atoms with Gasteiger partial charge in [0.05, 0.1) is 71.7 Å². The first-order chi connectivity index (χ1) is 43.2. The summed E-state index contributed by atoms with van der Waals surface area (Å²) in [6.45, 7) is 14.5. The number of piperidine rings is 1. The number of carbonyl (C=O) groups excluding carboxylic acids is 1. The molecule has 1 spiro atoms. The van der Waals surface area contributed by atoms with E-state index in [9.17, 15) is 23.3 Å². The fourth-order valence-electron chi connectivity index (χ4n) is 15.1. The highest BCUT2D eigenvalue weighted by atomic mass is 32.2. The number of pyridine rings is 2. The number of halogens is 1. The van der Waals surface area contributed by atoms with Crippen molar-refractivity contribution in [1.29, 1.82) is 0 Å². The number of anilines is 5. The molecule has 6 aromatic rings. The molecule has 24 heteroatoms. The minimum Gasteiger partial charge on any atom is -0.491 e.